The number of carbonyl (C=O) groups excluding carboxylic acids is 3. The first-order valence-electron chi connectivity index (χ1n) is 9.47. The number of fused-ring (bicyclic) bond motifs is 1. The molecule has 0 saturated carbocycles. The van der Waals surface area contributed by atoms with Crippen molar-refractivity contribution in [2.45, 2.75) is 6.61 Å². The number of rotatable bonds is 6. The average Bonchev–Trinajstić information content (AvgIpc) is 3.07. The van der Waals surface area contributed by atoms with Gasteiger partial charge >= 0.3 is 5.97 Å². The Hall–Kier alpha value is -4.53. The number of carbonyl (C=O) groups is 3. The molecular weight excluding hydrogens is 416 g/mol. The lowest BCUT2D eigenvalue weighted by Gasteiger charge is -2.14. The maximum Gasteiger partial charge on any atom is 0.338 e. The standard InChI is InChI=1S/C23H16N2O7/c1-31-17-9-7-16(8-10-17)24-21(26)18-11-6-14(12-19(18)22(24)27)23(28)32-13-15-4-2-3-5-20(15)25(29)30/h2-12H,13H2,1H3. The molecule has 0 radical (unpaired) electrons. The van der Waals surface area contributed by atoms with Gasteiger partial charge in [-0.15, -0.1) is 0 Å². The molecule has 0 aromatic heterocycles. The maximum atomic E-state index is 12.9. The van der Waals surface area contributed by atoms with Crippen LogP contribution in [0.4, 0.5) is 11.4 Å². The van der Waals surface area contributed by atoms with E-state index in [-0.39, 0.29) is 34.5 Å². The number of esters is 1. The summed E-state index contributed by atoms with van der Waals surface area (Å²) in [5.41, 5.74) is 0.749. The fourth-order valence-electron chi connectivity index (χ4n) is 3.37. The van der Waals surface area contributed by atoms with Gasteiger partial charge in [0, 0.05) is 6.07 Å². The molecule has 9 heteroatoms. The predicted octanol–water partition coefficient (Wildman–Crippen LogP) is 3.76. The summed E-state index contributed by atoms with van der Waals surface area (Å²) in [6, 6.07) is 16.4. The van der Waals surface area contributed by atoms with Crippen LogP contribution in [0, 0.1) is 10.1 Å². The number of methoxy groups -OCH3 is 1. The van der Waals surface area contributed by atoms with Crippen molar-refractivity contribution in [3.63, 3.8) is 0 Å². The van der Waals surface area contributed by atoms with E-state index in [1.165, 1.54) is 43.5 Å². The molecule has 1 heterocycles. The number of hydrogen-bond donors (Lipinski definition) is 0. The van der Waals surface area contributed by atoms with E-state index in [2.05, 4.69) is 0 Å². The maximum absolute atomic E-state index is 12.9. The van der Waals surface area contributed by atoms with Crippen molar-refractivity contribution < 1.29 is 28.8 Å². The largest absolute Gasteiger partial charge is 0.497 e. The number of nitrogens with zero attached hydrogens (tertiary/aromatic N) is 2. The van der Waals surface area contributed by atoms with Crippen LogP contribution in [0.15, 0.2) is 66.7 Å². The van der Waals surface area contributed by atoms with Crippen molar-refractivity contribution in [3.05, 3.63) is 99.1 Å². The number of hydrogen-bond acceptors (Lipinski definition) is 7. The quantitative estimate of drug-likeness (QED) is 0.252. The monoisotopic (exact) mass is 432 g/mol. The van der Waals surface area contributed by atoms with Gasteiger partial charge in [0.1, 0.15) is 12.4 Å². The zero-order valence-electron chi connectivity index (χ0n) is 16.8. The van der Waals surface area contributed by atoms with E-state index in [9.17, 15) is 24.5 Å². The van der Waals surface area contributed by atoms with Gasteiger partial charge < -0.3 is 9.47 Å². The summed E-state index contributed by atoms with van der Waals surface area (Å²) in [6.45, 7) is -0.308. The second kappa shape index (κ2) is 8.31. The summed E-state index contributed by atoms with van der Waals surface area (Å²) in [4.78, 5) is 49.7. The average molecular weight is 432 g/mol. The van der Waals surface area contributed by atoms with E-state index in [1.807, 2.05) is 0 Å². The van der Waals surface area contributed by atoms with E-state index in [0.29, 0.717) is 11.4 Å². The van der Waals surface area contributed by atoms with Crippen LogP contribution in [-0.2, 0) is 11.3 Å². The van der Waals surface area contributed by atoms with E-state index >= 15 is 0 Å². The SMILES string of the molecule is COc1ccc(N2C(=O)c3ccc(C(=O)OCc4ccccc4[N+](=O)[O-])cc3C2=O)cc1. The van der Waals surface area contributed by atoms with Gasteiger partial charge in [-0.3, -0.25) is 19.7 Å². The van der Waals surface area contributed by atoms with E-state index < -0.39 is 22.7 Å². The Balaban J connectivity index is 1.54. The fraction of sp³-hybridized carbons (Fsp3) is 0.0870. The van der Waals surface area contributed by atoms with Crippen LogP contribution in [-0.4, -0.2) is 29.8 Å². The molecule has 3 aromatic rings. The van der Waals surface area contributed by atoms with Gasteiger partial charge in [-0.1, -0.05) is 12.1 Å². The number of anilines is 1. The first-order valence-corrected chi connectivity index (χ1v) is 9.47. The normalized spacial score (nSPS) is 12.5. The van der Waals surface area contributed by atoms with Crippen LogP contribution in [0.3, 0.4) is 0 Å². The molecule has 0 aliphatic carbocycles. The molecule has 0 spiro atoms. The van der Waals surface area contributed by atoms with Crippen LogP contribution in [0.2, 0.25) is 0 Å². The molecule has 9 nitrogen and oxygen atoms in total. The molecule has 32 heavy (non-hydrogen) atoms. The third kappa shape index (κ3) is 3.67. The molecule has 0 fully saturated rings. The summed E-state index contributed by atoms with van der Waals surface area (Å²) < 4.78 is 10.3. The highest BCUT2D eigenvalue weighted by Crippen LogP contribution is 2.30. The minimum Gasteiger partial charge on any atom is -0.497 e. The summed E-state index contributed by atoms with van der Waals surface area (Å²) in [5.74, 6) is -1.26. The smallest absolute Gasteiger partial charge is 0.338 e. The lowest BCUT2D eigenvalue weighted by molar-refractivity contribution is -0.385. The van der Waals surface area contributed by atoms with Gasteiger partial charge in [0.15, 0.2) is 0 Å². The highest BCUT2D eigenvalue weighted by Gasteiger charge is 2.37. The van der Waals surface area contributed by atoms with Gasteiger partial charge in [0.2, 0.25) is 0 Å². The fourth-order valence-corrected chi connectivity index (χ4v) is 3.37. The first kappa shape index (κ1) is 20.7. The Kier molecular flexibility index (Phi) is 5.38. The predicted molar refractivity (Wildman–Crippen MR) is 113 cm³/mol. The van der Waals surface area contributed by atoms with E-state index in [1.54, 1.807) is 30.3 Å². The van der Waals surface area contributed by atoms with Crippen molar-refractivity contribution in [3.8, 4) is 5.75 Å². The van der Waals surface area contributed by atoms with Crippen LogP contribution in [0.5, 0.6) is 5.75 Å². The third-order valence-corrected chi connectivity index (χ3v) is 5.00. The van der Waals surface area contributed by atoms with Crippen LogP contribution in [0.1, 0.15) is 36.6 Å². The number of nitro groups is 1. The number of benzene rings is 3. The topological polar surface area (TPSA) is 116 Å². The molecular formula is C23H16N2O7. The third-order valence-electron chi connectivity index (χ3n) is 5.00. The Morgan fingerprint density at radius 1 is 0.969 bits per heavy atom. The molecule has 3 aromatic carbocycles. The lowest BCUT2D eigenvalue weighted by atomic mass is 10.1. The molecule has 160 valence electrons. The van der Waals surface area contributed by atoms with Gasteiger partial charge in [0.25, 0.3) is 17.5 Å². The second-order valence-electron chi connectivity index (χ2n) is 6.87. The summed E-state index contributed by atoms with van der Waals surface area (Å²) >= 11 is 0. The summed E-state index contributed by atoms with van der Waals surface area (Å²) in [6.07, 6.45) is 0. The summed E-state index contributed by atoms with van der Waals surface area (Å²) in [7, 11) is 1.51. The van der Waals surface area contributed by atoms with Crippen LogP contribution in [0.25, 0.3) is 0 Å². The number of para-hydroxylation sites is 1. The molecule has 0 N–H and O–H groups in total. The highest BCUT2D eigenvalue weighted by atomic mass is 16.6. The van der Waals surface area contributed by atoms with Gasteiger partial charge in [0.05, 0.1) is 40.0 Å². The Bertz CT molecular complexity index is 1250. The zero-order chi connectivity index (χ0) is 22.8. The second-order valence-corrected chi connectivity index (χ2v) is 6.87. The molecule has 1 aliphatic rings. The number of imide groups is 1. The minimum absolute atomic E-state index is 0.0556. The van der Waals surface area contributed by atoms with Crippen molar-refractivity contribution >= 4 is 29.2 Å². The first-order chi connectivity index (χ1) is 15.4. The van der Waals surface area contributed by atoms with Gasteiger partial charge in [-0.05, 0) is 48.5 Å². The highest BCUT2D eigenvalue weighted by molar-refractivity contribution is 6.34. The van der Waals surface area contributed by atoms with Gasteiger partial charge in [-0.25, -0.2) is 9.69 Å². The van der Waals surface area contributed by atoms with E-state index in [0.717, 1.165) is 4.90 Å². The lowest BCUT2D eigenvalue weighted by Crippen LogP contribution is -2.29. The molecule has 2 amide bonds. The Labute approximate surface area is 181 Å². The summed E-state index contributed by atoms with van der Waals surface area (Å²) in [5, 5.41) is 11.1. The van der Waals surface area contributed by atoms with Crippen molar-refractivity contribution in [2.24, 2.45) is 0 Å². The minimum atomic E-state index is -0.769. The molecule has 0 unspecified atom stereocenters. The van der Waals surface area contributed by atoms with Crippen LogP contribution >= 0.6 is 0 Å². The molecule has 0 bridgehead atoms. The van der Waals surface area contributed by atoms with E-state index in [4.69, 9.17) is 9.47 Å². The molecule has 1 aliphatic heterocycles. The molecule has 0 saturated heterocycles. The number of nitro benzene ring substituents is 1. The van der Waals surface area contributed by atoms with Crippen LogP contribution < -0.4 is 9.64 Å². The number of ether oxygens (including phenoxy) is 2. The van der Waals surface area contributed by atoms with Gasteiger partial charge in [-0.2, -0.15) is 0 Å². The van der Waals surface area contributed by atoms with Crippen molar-refractivity contribution in [1.82, 2.24) is 0 Å². The Morgan fingerprint density at radius 2 is 1.66 bits per heavy atom. The number of amides is 2. The molecule has 0 atom stereocenters. The van der Waals surface area contributed by atoms with Crippen molar-refractivity contribution in [2.75, 3.05) is 12.0 Å². The zero-order valence-corrected chi connectivity index (χ0v) is 16.8. The van der Waals surface area contributed by atoms with Crippen molar-refractivity contribution in [1.29, 1.82) is 0 Å². The Morgan fingerprint density at radius 3 is 2.34 bits per heavy atom. The molecule has 4 rings (SSSR count).